The summed E-state index contributed by atoms with van der Waals surface area (Å²) in [6, 6.07) is 9.61. The molecule has 0 aliphatic rings. The van der Waals surface area contributed by atoms with Crippen LogP contribution in [-0.2, 0) is 11.3 Å². The number of rotatable bonds is 7. The molecule has 1 aromatic carbocycles. The van der Waals surface area contributed by atoms with Gasteiger partial charge in [-0.25, -0.2) is 4.98 Å². The number of aryl methyl sites for hydroxylation is 1. The minimum Gasteiger partial charge on any atom is -0.346 e. The maximum atomic E-state index is 13.2. The maximum absolute atomic E-state index is 13.2. The van der Waals surface area contributed by atoms with E-state index in [1.54, 1.807) is 0 Å². The summed E-state index contributed by atoms with van der Waals surface area (Å²) >= 11 is 2.31. The molecule has 0 saturated heterocycles. The normalized spacial score (nSPS) is 12.7. The summed E-state index contributed by atoms with van der Waals surface area (Å²) < 4.78 is 38.6. The zero-order valence-corrected chi connectivity index (χ0v) is 18.5. The fourth-order valence-corrected chi connectivity index (χ4v) is 5.16. The Labute approximate surface area is 185 Å². The third kappa shape index (κ3) is 5.19. The minimum atomic E-state index is -4.50. The molecule has 1 amide bonds. The van der Waals surface area contributed by atoms with E-state index in [2.05, 4.69) is 11.6 Å². The number of hydrogen-bond donors (Lipinski definition) is 1. The van der Waals surface area contributed by atoms with Gasteiger partial charge < -0.3 is 5.32 Å². The van der Waals surface area contributed by atoms with Crippen molar-refractivity contribution in [2.75, 3.05) is 6.54 Å². The smallest absolute Gasteiger partial charge is 0.346 e. The molecular weight excluding hydrogens is 447 g/mol. The van der Waals surface area contributed by atoms with Crippen LogP contribution in [-0.4, -0.2) is 33.4 Å². The van der Waals surface area contributed by atoms with Gasteiger partial charge >= 0.3 is 6.18 Å². The Morgan fingerprint density at radius 1 is 1.35 bits per heavy atom. The molecule has 0 fully saturated rings. The number of halogens is 3. The number of amides is 1. The Hall–Kier alpha value is -2.59. The highest BCUT2D eigenvalue weighted by molar-refractivity contribution is 8.00. The SMILES string of the molecule is C=CCn1c(SC(C)C(=O)NCC(F)(F)F)nc2sc(-c3ccccc3)c(C)c2c1=O. The summed E-state index contributed by atoms with van der Waals surface area (Å²) in [7, 11) is 0. The van der Waals surface area contributed by atoms with Crippen molar-refractivity contribution in [2.24, 2.45) is 0 Å². The number of nitrogens with zero attached hydrogens (tertiary/aromatic N) is 2. The van der Waals surface area contributed by atoms with Crippen LogP contribution < -0.4 is 10.9 Å². The van der Waals surface area contributed by atoms with Crippen molar-refractivity contribution in [1.29, 1.82) is 0 Å². The Balaban J connectivity index is 2.01. The molecule has 3 rings (SSSR count). The maximum Gasteiger partial charge on any atom is 0.405 e. The minimum absolute atomic E-state index is 0.164. The van der Waals surface area contributed by atoms with Gasteiger partial charge in [-0.2, -0.15) is 13.2 Å². The molecule has 1 N–H and O–H groups in total. The van der Waals surface area contributed by atoms with E-state index >= 15 is 0 Å². The van der Waals surface area contributed by atoms with E-state index in [1.807, 2.05) is 42.6 Å². The van der Waals surface area contributed by atoms with Crippen LogP contribution in [0.25, 0.3) is 20.7 Å². The fourth-order valence-electron chi connectivity index (χ4n) is 2.99. The third-order valence-corrected chi connectivity index (χ3v) is 6.80. The fraction of sp³-hybridized carbons (Fsp3) is 0.286. The average Bonchev–Trinajstić information content (AvgIpc) is 3.05. The van der Waals surface area contributed by atoms with Crippen molar-refractivity contribution in [3.05, 3.63) is 58.9 Å². The molecule has 31 heavy (non-hydrogen) atoms. The monoisotopic (exact) mass is 467 g/mol. The highest BCUT2D eigenvalue weighted by Gasteiger charge is 2.29. The van der Waals surface area contributed by atoms with E-state index in [0.29, 0.717) is 10.2 Å². The number of fused-ring (bicyclic) bond motifs is 1. The summed E-state index contributed by atoms with van der Waals surface area (Å²) in [4.78, 5) is 31.4. The first-order valence-electron chi connectivity index (χ1n) is 9.33. The van der Waals surface area contributed by atoms with E-state index in [9.17, 15) is 22.8 Å². The molecular formula is C21H20F3N3O2S2. The quantitative estimate of drug-likeness (QED) is 0.309. The van der Waals surface area contributed by atoms with E-state index in [1.165, 1.54) is 28.9 Å². The van der Waals surface area contributed by atoms with E-state index in [4.69, 9.17) is 0 Å². The van der Waals surface area contributed by atoms with Crippen molar-refractivity contribution in [2.45, 2.75) is 37.0 Å². The lowest BCUT2D eigenvalue weighted by Gasteiger charge is -2.15. The van der Waals surface area contributed by atoms with Crippen molar-refractivity contribution < 1.29 is 18.0 Å². The van der Waals surface area contributed by atoms with Crippen molar-refractivity contribution in [1.82, 2.24) is 14.9 Å². The third-order valence-electron chi connectivity index (χ3n) is 4.48. The zero-order chi connectivity index (χ0) is 22.8. The number of thiophene rings is 1. The van der Waals surface area contributed by atoms with Crippen LogP contribution in [0.5, 0.6) is 0 Å². The van der Waals surface area contributed by atoms with Gasteiger partial charge in [0, 0.05) is 11.4 Å². The van der Waals surface area contributed by atoms with Crippen molar-refractivity contribution in [3.63, 3.8) is 0 Å². The Morgan fingerprint density at radius 3 is 2.65 bits per heavy atom. The van der Waals surface area contributed by atoms with Crippen LogP contribution in [0.3, 0.4) is 0 Å². The molecule has 2 heterocycles. The summed E-state index contributed by atoms with van der Waals surface area (Å²) in [6.45, 7) is 5.76. The number of benzene rings is 1. The lowest BCUT2D eigenvalue weighted by molar-refractivity contribution is -0.137. The molecule has 2 aromatic heterocycles. The second-order valence-electron chi connectivity index (χ2n) is 6.79. The lowest BCUT2D eigenvalue weighted by Crippen LogP contribution is -2.38. The van der Waals surface area contributed by atoms with Gasteiger partial charge in [-0.1, -0.05) is 48.2 Å². The molecule has 10 heteroatoms. The molecule has 0 aliphatic carbocycles. The van der Waals surface area contributed by atoms with E-state index in [-0.39, 0.29) is 17.3 Å². The first-order valence-corrected chi connectivity index (χ1v) is 11.0. The van der Waals surface area contributed by atoms with Crippen LogP contribution in [0.1, 0.15) is 12.5 Å². The van der Waals surface area contributed by atoms with Gasteiger partial charge in [-0.05, 0) is 25.0 Å². The van der Waals surface area contributed by atoms with Gasteiger partial charge in [-0.3, -0.25) is 14.2 Å². The van der Waals surface area contributed by atoms with Gasteiger partial charge in [0.2, 0.25) is 5.91 Å². The molecule has 3 aromatic rings. The summed E-state index contributed by atoms with van der Waals surface area (Å²) in [5.74, 6) is -0.783. The van der Waals surface area contributed by atoms with Crippen LogP contribution >= 0.6 is 23.1 Å². The Kier molecular flexibility index (Phi) is 6.90. The van der Waals surface area contributed by atoms with Crippen molar-refractivity contribution >= 4 is 39.2 Å². The molecule has 164 valence electrons. The zero-order valence-electron chi connectivity index (χ0n) is 16.8. The number of allylic oxidation sites excluding steroid dienone is 1. The van der Waals surface area contributed by atoms with Crippen molar-refractivity contribution in [3.8, 4) is 10.4 Å². The molecule has 1 unspecified atom stereocenters. The van der Waals surface area contributed by atoms with Gasteiger partial charge in [0.15, 0.2) is 5.16 Å². The lowest BCUT2D eigenvalue weighted by atomic mass is 10.1. The first kappa shape index (κ1) is 23.1. The number of thioether (sulfide) groups is 1. The highest BCUT2D eigenvalue weighted by atomic mass is 32.2. The predicted molar refractivity (Wildman–Crippen MR) is 119 cm³/mol. The van der Waals surface area contributed by atoms with Crippen LogP contribution in [0.4, 0.5) is 13.2 Å². The highest BCUT2D eigenvalue weighted by Crippen LogP contribution is 2.36. The van der Waals surface area contributed by atoms with E-state index in [0.717, 1.165) is 27.8 Å². The number of carbonyl (C=O) groups excluding carboxylic acids is 1. The van der Waals surface area contributed by atoms with E-state index < -0.39 is 23.9 Å². The molecule has 0 bridgehead atoms. The Bertz CT molecular complexity index is 1170. The number of alkyl halides is 3. The van der Waals surface area contributed by atoms with Gasteiger partial charge in [0.05, 0.1) is 10.6 Å². The summed E-state index contributed by atoms with van der Waals surface area (Å²) in [5.41, 5.74) is 1.51. The standard InChI is InChI=1S/C21H20F3N3O2S2/c1-4-10-27-19(29)15-12(2)16(14-8-6-5-7-9-14)31-18(15)26-20(27)30-13(3)17(28)25-11-21(22,23)24/h4-9,13H,1,10-11H2,2-3H3,(H,25,28). The number of nitrogens with one attached hydrogen (secondary N) is 1. The molecule has 0 aliphatic heterocycles. The second kappa shape index (κ2) is 9.27. The van der Waals surface area contributed by atoms with Crippen LogP contribution in [0, 0.1) is 6.92 Å². The molecule has 0 spiro atoms. The number of hydrogen-bond acceptors (Lipinski definition) is 5. The summed E-state index contributed by atoms with van der Waals surface area (Å²) in [6.07, 6.45) is -2.96. The first-order chi connectivity index (χ1) is 14.6. The topological polar surface area (TPSA) is 64.0 Å². The van der Waals surface area contributed by atoms with Gasteiger partial charge in [0.1, 0.15) is 11.4 Å². The molecule has 0 radical (unpaired) electrons. The number of aromatic nitrogens is 2. The Morgan fingerprint density at radius 2 is 2.03 bits per heavy atom. The molecule has 5 nitrogen and oxygen atoms in total. The van der Waals surface area contributed by atoms with Gasteiger partial charge in [-0.15, -0.1) is 17.9 Å². The predicted octanol–water partition coefficient (Wildman–Crippen LogP) is 4.78. The molecule has 0 saturated carbocycles. The van der Waals surface area contributed by atoms with Gasteiger partial charge in [0.25, 0.3) is 5.56 Å². The van der Waals surface area contributed by atoms with Crippen LogP contribution in [0.15, 0.2) is 52.9 Å². The molecule has 1 atom stereocenters. The average molecular weight is 468 g/mol. The number of carbonyl (C=O) groups is 1. The second-order valence-corrected chi connectivity index (χ2v) is 9.10. The largest absolute Gasteiger partial charge is 0.405 e. The summed E-state index contributed by atoms with van der Waals surface area (Å²) in [5, 5.41) is 1.73. The van der Waals surface area contributed by atoms with Crippen LogP contribution in [0.2, 0.25) is 0 Å².